The van der Waals surface area contributed by atoms with Crippen molar-refractivity contribution in [3.8, 4) is 0 Å². The largest absolute Gasteiger partial charge is 0.282 e. The van der Waals surface area contributed by atoms with Crippen LogP contribution in [0.25, 0.3) is 0 Å². The summed E-state index contributed by atoms with van der Waals surface area (Å²) in [5.74, 6) is 0. The summed E-state index contributed by atoms with van der Waals surface area (Å²) < 4.78 is 0. The highest BCUT2D eigenvalue weighted by atomic mass is 16.5. The van der Waals surface area contributed by atoms with Crippen LogP contribution < -0.4 is 0 Å². The van der Waals surface area contributed by atoms with Gasteiger partial charge in [0.15, 0.2) is 0 Å². The van der Waals surface area contributed by atoms with Gasteiger partial charge < -0.3 is 0 Å². The standard InChI is InChI=1S/C19H39N2O/c1-7-11-13-15-19(16-14-12-8-2)20(6)17(5)18(9-3,10-4)21(19)22/h17H,7-16H2,1-6H3. The highest BCUT2D eigenvalue weighted by Gasteiger charge is 2.60. The average molecular weight is 312 g/mol. The first kappa shape index (κ1) is 19.9. The van der Waals surface area contributed by atoms with E-state index in [4.69, 9.17) is 0 Å². The van der Waals surface area contributed by atoms with Crippen LogP contribution in [0.15, 0.2) is 0 Å². The van der Waals surface area contributed by atoms with Gasteiger partial charge in [-0.15, -0.1) is 10.3 Å². The molecule has 1 saturated heterocycles. The molecule has 0 aromatic carbocycles. The lowest BCUT2D eigenvalue weighted by Crippen LogP contribution is -2.54. The normalized spacial score (nSPS) is 25.0. The van der Waals surface area contributed by atoms with E-state index in [2.05, 4.69) is 46.6 Å². The first-order chi connectivity index (χ1) is 10.5. The first-order valence-corrected chi connectivity index (χ1v) is 9.67. The Labute approximate surface area is 139 Å². The number of hydroxylamine groups is 2. The van der Waals surface area contributed by atoms with Gasteiger partial charge in [0.25, 0.3) is 0 Å². The van der Waals surface area contributed by atoms with Crippen molar-refractivity contribution in [1.82, 2.24) is 9.96 Å². The number of rotatable bonds is 10. The van der Waals surface area contributed by atoms with Crippen LogP contribution in [0, 0.1) is 0 Å². The van der Waals surface area contributed by atoms with Crippen LogP contribution >= 0.6 is 0 Å². The molecule has 131 valence electrons. The monoisotopic (exact) mass is 311 g/mol. The summed E-state index contributed by atoms with van der Waals surface area (Å²) in [5.41, 5.74) is -0.469. The maximum Gasteiger partial charge on any atom is 0.102 e. The van der Waals surface area contributed by atoms with Gasteiger partial charge in [-0.3, -0.25) is 4.90 Å². The lowest BCUT2D eigenvalue weighted by molar-refractivity contribution is -0.281. The zero-order chi connectivity index (χ0) is 16.8. The molecule has 1 fully saturated rings. The van der Waals surface area contributed by atoms with E-state index in [1.807, 2.05) is 0 Å². The molecule has 3 heteroatoms. The van der Waals surface area contributed by atoms with E-state index in [1.165, 1.54) is 38.5 Å². The van der Waals surface area contributed by atoms with E-state index in [0.29, 0.717) is 6.04 Å². The molecule has 1 aliphatic rings. The van der Waals surface area contributed by atoms with Crippen LogP contribution in [0.2, 0.25) is 0 Å². The van der Waals surface area contributed by atoms with Crippen LogP contribution in [0.5, 0.6) is 0 Å². The Balaban J connectivity index is 3.05. The minimum Gasteiger partial charge on any atom is -0.282 e. The molecule has 3 nitrogen and oxygen atoms in total. The molecule has 0 spiro atoms. The van der Waals surface area contributed by atoms with Crippen molar-refractivity contribution in [1.29, 1.82) is 0 Å². The van der Waals surface area contributed by atoms with Gasteiger partial charge in [-0.05, 0) is 39.7 Å². The summed E-state index contributed by atoms with van der Waals surface area (Å²) in [6.07, 6.45) is 11.2. The van der Waals surface area contributed by atoms with E-state index in [1.54, 1.807) is 5.06 Å². The van der Waals surface area contributed by atoms with Crippen LogP contribution in [0.3, 0.4) is 0 Å². The van der Waals surface area contributed by atoms with Crippen LogP contribution in [0.4, 0.5) is 0 Å². The molecule has 1 rings (SSSR count). The SMILES string of the molecule is CCCCCC1(CCCCC)N(C)C(C)C(CC)(CC)N1[O]. The maximum absolute atomic E-state index is 13.5. The summed E-state index contributed by atoms with van der Waals surface area (Å²) in [5, 5.41) is 15.0. The van der Waals surface area contributed by atoms with Crippen LogP contribution in [-0.2, 0) is 5.21 Å². The van der Waals surface area contributed by atoms with Gasteiger partial charge in [0, 0.05) is 6.04 Å². The minimum absolute atomic E-state index is 0.201. The zero-order valence-corrected chi connectivity index (χ0v) is 16.0. The first-order valence-electron chi connectivity index (χ1n) is 9.67. The molecule has 0 saturated carbocycles. The second kappa shape index (κ2) is 8.65. The lowest BCUT2D eigenvalue weighted by Gasteiger charge is -2.41. The van der Waals surface area contributed by atoms with Gasteiger partial charge in [-0.2, -0.15) is 0 Å². The number of nitrogens with zero attached hydrogens (tertiary/aromatic N) is 2. The Hall–Kier alpha value is -0.120. The van der Waals surface area contributed by atoms with Crippen molar-refractivity contribution in [3.63, 3.8) is 0 Å². The van der Waals surface area contributed by atoms with Crippen molar-refractivity contribution in [2.24, 2.45) is 0 Å². The van der Waals surface area contributed by atoms with Crippen molar-refractivity contribution in [2.45, 2.75) is 116 Å². The molecular weight excluding hydrogens is 272 g/mol. The second-order valence-corrected chi connectivity index (χ2v) is 7.29. The Morgan fingerprint density at radius 3 is 1.64 bits per heavy atom. The van der Waals surface area contributed by atoms with Gasteiger partial charge >= 0.3 is 0 Å². The highest BCUT2D eigenvalue weighted by molar-refractivity contribution is 5.09. The number of hydrogen-bond acceptors (Lipinski definition) is 2. The smallest absolute Gasteiger partial charge is 0.102 e. The van der Waals surface area contributed by atoms with Crippen molar-refractivity contribution in [2.75, 3.05) is 7.05 Å². The Bertz CT molecular complexity index is 305. The molecule has 1 radical (unpaired) electrons. The molecule has 1 heterocycles. The fourth-order valence-corrected chi connectivity index (χ4v) is 4.57. The molecule has 0 amide bonds. The molecular formula is C19H39N2O. The topological polar surface area (TPSA) is 26.4 Å². The number of likely N-dealkylation sites (N-methyl/N-ethyl adjacent to an activating group) is 1. The van der Waals surface area contributed by atoms with Gasteiger partial charge in [0.05, 0.1) is 5.54 Å². The summed E-state index contributed by atoms with van der Waals surface area (Å²) in [4.78, 5) is 2.43. The third kappa shape index (κ3) is 3.37. The van der Waals surface area contributed by atoms with Gasteiger partial charge in [-0.25, -0.2) is 0 Å². The lowest BCUT2D eigenvalue weighted by atomic mass is 9.86. The van der Waals surface area contributed by atoms with Crippen molar-refractivity contribution in [3.05, 3.63) is 0 Å². The molecule has 0 aromatic rings. The van der Waals surface area contributed by atoms with E-state index < -0.39 is 0 Å². The van der Waals surface area contributed by atoms with E-state index in [0.717, 1.165) is 25.7 Å². The molecule has 1 atom stereocenters. The highest BCUT2D eigenvalue weighted by Crippen LogP contribution is 2.48. The molecule has 0 aromatic heterocycles. The van der Waals surface area contributed by atoms with Crippen molar-refractivity contribution >= 4 is 0 Å². The molecule has 0 aliphatic carbocycles. The summed E-state index contributed by atoms with van der Waals surface area (Å²) in [6.45, 7) is 11.1. The number of unbranched alkanes of at least 4 members (excludes halogenated alkanes) is 4. The van der Waals surface area contributed by atoms with E-state index in [-0.39, 0.29) is 11.2 Å². The quantitative estimate of drug-likeness (QED) is 0.506. The van der Waals surface area contributed by atoms with E-state index >= 15 is 0 Å². The van der Waals surface area contributed by atoms with Gasteiger partial charge in [0.2, 0.25) is 0 Å². The molecule has 0 bridgehead atoms. The fourth-order valence-electron chi connectivity index (χ4n) is 4.57. The van der Waals surface area contributed by atoms with Crippen LogP contribution in [0.1, 0.15) is 98.8 Å². The predicted molar refractivity (Wildman–Crippen MR) is 94.1 cm³/mol. The third-order valence-corrected chi connectivity index (χ3v) is 6.38. The fraction of sp³-hybridized carbons (Fsp3) is 1.00. The zero-order valence-electron chi connectivity index (χ0n) is 16.0. The summed E-state index contributed by atoms with van der Waals surface area (Å²) >= 11 is 0. The second-order valence-electron chi connectivity index (χ2n) is 7.29. The predicted octanol–water partition coefficient (Wildman–Crippen LogP) is 5.38. The van der Waals surface area contributed by atoms with E-state index in [9.17, 15) is 5.21 Å². The summed E-state index contributed by atoms with van der Waals surface area (Å²) in [6, 6.07) is 0.336. The third-order valence-electron chi connectivity index (χ3n) is 6.38. The molecule has 1 aliphatic heterocycles. The van der Waals surface area contributed by atoms with Gasteiger partial charge in [0.1, 0.15) is 5.66 Å². The molecule has 1 unspecified atom stereocenters. The molecule has 0 N–H and O–H groups in total. The summed E-state index contributed by atoms with van der Waals surface area (Å²) in [7, 11) is 2.19. The minimum atomic E-state index is -0.268. The number of hydrogen-bond donors (Lipinski definition) is 0. The van der Waals surface area contributed by atoms with Gasteiger partial charge in [-0.1, -0.05) is 66.2 Å². The Morgan fingerprint density at radius 1 is 0.864 bits per heavy atom. The Kier molecular flexibility index (Phi) is 7.84. The van der Waals surface area contributed by atoms with Crippen LogP contribution in [-0.4, -0.2) is 34.3 Å². The van der Waals surface area contributed by atoms with Crippen molar-refractivity contribution < 1.29 is 5.21 Å². The average Bonchev–Trinajstić information content (AvgIpc) is 2.68. The maximum atomic E-state index is 13.5. The Morgan fingerprint density at radius 2 is 1.32 bits per heavy atom. The molecule has 22 heavy (non-hydrogen) atoms.